The Bertz CT molecular complexity index is 515. The molecule has 0 aliphatic carbocycles. The van der Waals surface area contributed by atoms with E-state index in [4.69, 9.17) is 15.2 Å². The molecule has 24 heavy (non-hydrogen) atoms. The number of esters is 1. The van der Waals surface area contributed by atoms with Crippen molar-refractivity contribution in [3.63, 3.8) is 0 Å². The number of aryl methyl sites for hydroxylation is 1. The van der Waals surface area contributed by atoms with Gasteiger partial charge in [0, 0.05) is 6.04 Å². The van der Waals surface area contributed by atoms with Crippen LogP contribution in [0.1, 0.15) is 66.4 Å². The highest BCUT2D eigenvalue weighted by Gasteiger charge is 2.34. The Hall–Kier alpha value is -1.55. The molecular weight excluding hydrogens is 302 g/mol. The average molecular weight is 335 g/mol. The highest BCUT2D eigenvalue weighted by molar-refractivity contribution is 5.79. The van der Waals surface area contributed by atoms with Gasteiger partial charge in [-0.2, -0.15) is 0 Å². The van der Waals surface area contributed by atoms with Crippen LogP contribution in [0.3, 0.4) is 0 Å². The summed E-state index contributed by atoms with van der Waals surface area (Å²) in [5, 5.41) is 0. The molecule has 0 spiro atoms. The second-order valence-electron chi connectivity index (χ2n) is 7.85. The summed E-state index contributed by atoms with van der Waals surface area (Å²) in [6, 6.07) is 8.11. The minimum absolute atomic E-state index is 0.261. The molecule has 1 aromatic carbocycles. The van der Waals surface area contributed by atoms with Crippen LogP contribution in [-0.2, 0) is 16.0 Å². The van der Waals surface area contributed by atoms with E-state index >= 15 is 0 Å². The second-order valence-corrected chi connectivity index (χ2v) is 7.85. The number of hydrogen-bond donors (Lipinski definition) is 1. The van der Waals surface area contributed by atoms with Gasteiger partial charge >= 0.3 is 5.97 Å². The Morgan fingerprint density at radius 3 is 2.17 bits per heavy atom. The Labute approximate surface area is 146 Å². The van der Waals surface area contributed by atoms with Crippen molar-refractivity contribution >= 4 is 5.97 Å². The van der Waals surface area contributed by atoms with Crippen molar-refractivity contribution in [2.45, 2.75) is 84.5 Å². The van der Waals surface area contributed by atoms with E-state index in [1.165, 1.54) is 5.56 Å². The fourth-order valence-corrected chi connectivity index (χ4v) is 2.33. The molecule has 2 N–H and O–H groups in total. The van der Waals surface area contributed by atoms with E-state index in [0.29, 0.717) is 5.75 Å². The lowest BCUT2D eigenvalue weighted by atomic mass is 10.0. The molecule has 4 nitrogen and oxygen atoms in total. The number of nitrogens with two attached hydrogens (primary N) is 1. The molecule has 0 saturated carbocycles. The number of carbonyl (C=O) groups is 1. The highest BCUT2D eigenvalue weighted by Crippen LogP contribution is 2.23. The van der Waals surface area contributed by atoms with E-state index in [-0.39, 0.29) is 12.0 Å². The van der Waals surface area contributed by atoms with Gasteiger partial charge in [0.05, 0.1) is 0 Å². The molecule has 0 fully saturated rings. The van der Waals surface area contributed by atoms with Gasteiger partial charge in [-0.15, -0.1) is 0 Å². The monoisotopic (exact) mass is 335 g/mol. The zero-order valence-corrected chi connectivity index (χ0v) is 16.0. The Balaban J connectivity index is 2.61. The van der Waals surface area contributed by atoms with Gasteiger partial charge in [0.2, 0.25) is 0 Å². The largest absolute Gasteiger partial charge is 0.476 e. The maximum Gasteiger partial charge on any atom is 0.350 e. The fraction of sp³-hybridized carbons (Fsp3) is 0.650. The van der Waals surface area contributed by atoms with Crippen LogP contribution >= 0.6 is 0 Å². The lowest BCUT2D eigenvalue weighted by Gasteiger charge is -2.29. The van der Waals surface area contributed by atoms with Crippen LogP contribution in [0.2, 0.25) is 0 Å². The molecule has 136 valence electrons. The maximum absolute atomic E-state index is 12.2. The summed E-state index contributed by atoms with van der Waals surface area (Å²) >= 11 is 0. The zero-order chi connectivity index (χ0) is 18.4. The number of carbonyl (C=O) groups excluding carboxylic acids is 1. The van der Waals surface area contributed by atoms with Gasteiger partial charge in [-0.3, -0.25) is 0 Å². The molecule has 4 heteroatoms. The fourth-order valence-electron chi connectivity index (χ4n) is 2.33. The first kappa shape index (κ1) is 20.5. The van der Waals surface area contributed by atoms with Crippen LogP contribution in [0.25, 0.3) is 0 Å². The summed E-state index contributed by atoms with van der Waals surface area (Å²) in [7, 11) is 0. The van der Waals surface area contributed by atoms with Crippen molar-refractivity contribution in [1.82, 2.24) is 0 Å². The zero-order valence-electron chi connectivity index (χ0n) is 16.0. The first-order chi connectivity index (χ1) is 11.0. The standard InChI is InChI=1S/C20H33NO3/c1-7-8-16(21)12-9-15-10-13-17(14-11-15)23-20(5,6)18(22)24-19(2,3)4/h10-11,13-14,16H,7-9,12,21H2,1-6H3. The van der Waals surface area contributed by atoms with Gasteiger partial charge in [0.15, 0.2) is 5.60 Å². The van der Waals surface area contributed by atoms with E-state index in [9.17, 15) is 4.79 Å². The van der Waals surface area contributed by atoms with Crippen molar-refractivity contribution in [2.75, 3.05) is 0 Å². The van der Waals surface area contributed by atoms with Gasteiger partial charge in [-0.1, -0.05) is 25.5 Å². The first-order valence-corrected chi connectivity index (χ1v) is 8.80. The number of rotatable bonds is 8. The third-order valence-corrected chi connectivity index (χ3v) is 3.65. The molecule has 0 aromatic heterocycles. The first-order valence-electron chi connectivity index (χ1n) is 8.80. The van der Waals surface area contributed by atoms with E-state index in [2.05, 4.69) is 6.92 Å². The molecule has 0 aliphatic rings. The smallest absolute Gasteiger partial charge is 0.350 e. The molecule has 0 bridgehead atoms. The van der Waals surface area contributed by atoms with Crippen molar-refractivity contribution in [2.24, 2.45) is 5.73 Å². The quantitative estimate of drug-likeness (QED) is 0.722. The Morgan fingerprint density at radius 1 is 1.08 bits per heavy atom. The third kappa shape index (κ3) is 7.35. The summed E-state index contributed by atoms with van der Waals surface area (Å²) in [6.45, 7) is 11.1. The van der Waals surface area contributed by atoms with Crippen molar-refractivity contribution < 1.29 is 14.3 Å². The Kier molecular flexibility index (Phi) is 7.27. The Morgan fingerprint density at radius 2 is 1.67 bits per heavy atom. The molecule has 1 atom stereocenters. The van der Waals surface area contributed by atoms with Crippen LogP contribution in [0.15, 0.2) is 24.3 Å². The minimum atomic E-state index is -1.03. The van der Waals surface area contributed by atoms with E-state index in [1.807, 2.05) is 45.0 Å². The third-order valence-electron chi connectivity index (χ3n) is 3.65. The molecule has 0 amide bonds. The molecule has 1 rings (SSSR count). The number of hydrogen-bond acceptors (Lipinski definition) is 4. The SMILES string of the molecule is CCCC(N)CCc1ccc(OC(C)(C)C(=O)OC(C)(C)C)cc1. The van der Waals surface area contributed by atoms with Crippen LogP contribution < -0.4 is 10.5 Å². The lowest BCUT2D eigenvalue weighted by molar-refractivity contribution is -0.170. The highest BCUT2D eigenvalue weighted by atomic mass is 16.6. The predicted octanol–water partition coefficient (Wildman–Crippen LogP) is 4.25. The van der Waals surface area contributed by atoms with Crippen LogP contribution in [0.4, 0.5) is 0 Å². The summed E-state index contributed by atoms with van der Waals surface area (Å²) in [5.41, 5.74) is 5.72. The summed E-state index contributed by atoms with van der Waals surface area (Å²) in [4.78, 5) is 12.2. The van der Waals surface area contributed by atoms with Crippen LogP contribution in [0.5, 0.6) is 5.75 Å². The van der Waals surface area contributed by atoms with Gasteiger partial charge in [0.1, 0.15) is 11.4 Å². The summed E-state index contributed by atoms with van der Waals surface area (Å²) < 4.78 is 11.2. The van der Waals surface area contributed by atoms with Crippen molar-refractivity contribution in [1.29, 1.82) is 0 Å². The molecule has 0 aliphatic heterocycles. The topological polar surface area (TPSA) is 61.5 Å². The number of benzene rings is 1. The second kappa shape index (κ2) is 8.52. The molecule has 0 radical (unpaired) electrons. The van der Waals surface area contributed by atoms with E-state index in [1.54, 1.807) is 13.8 Å². The lowest BCUT2D eigenvalue weighted by Crippen LogP contribution is -2.43. The molecule has 0 heterocycles. The van der Waals surface area contributed by atoms with Gasteiger partial charge in [0.25, 0.3) is 0 Å². The van der Waals surface area contributed by atoms with Gasteiger partial charge in [-0.05, 0) is 71.6 Å². The predicted molar refractivity (Wildman–Crippen MR) is 98.2 cm³/mol. The van der Waals surface area contributed by atoms with Crippen LogP contribution in [-0.4, -0.2) is 23.2 Å². The van der Waals surface area contributed by atoms with Gasteiger partial charge in [-0.25, -0.2) is 4.79 Å². The molecule has 1 unspecified atom stereocenters. The maximum atomic E-state index is 12.2. The van der Waals surface area contributed by atoms with E-state index in [0.717, 1.165) is 25.7 Å². The molecule has 1 aromatic rings. The van der Waals surface area contributed by atoms with Crippen molar-refractivity contribution in [3.05, 3.63) is 29.8 Å². The summed E-state index contributed by atoms with van der Waals surface area (Å²) in [5.74, 6) is 0.289. The number of ether oxygens (including phenoxy) is 2. The molecule has 0 saturated heterocycles. The van der Waals surface area contributed by atoms with Gasteiger partial charge < -0.3 is 15.2 Å². The normalized spacial score (nSPS) is 13.5. The van der Waals surface area contributed by atoms with Crippen molar-refractivity contribution in [3.8, 4) is 5.75 Å². The minimum Gasteiger partial charge on any atom is -0.476 e. The van der Waals surface area contributed by atoms with E-state index < -0.39 is 11.2 Å². The van der Waals surface area contributed by atoms with Crippen LogP contribution in [0, 0.1) is 0 Å². The summed E-state index contributed by atoms with van der Waals surface area (Å²) in [6.07, 6.45) is 4.12. The molecular formula is C20H33NO3. The average Bonchev–Trinajstić information content (AvgIpc) is 2.45.